The summed E-state index contributed by atoms with van der Waals surface area (Å²) in [4.78, 5) is 43.5. The van der Waals surface area contributed by atoms with Crippen LogP contribution in [0.4, 0.5) is 4.79 Å². The lowest BCUT2D eigenvalue weighted by atomic mass is 9.97. The number of hydrogen-bond acceptors (Lipinski definition) is 7. The van der Waals surface area contributed by atoms with Gasteiger partial charge in [0.25, 0.3) is 0 Å². The Hall–Kier alpha value is -3.79. The average Bonchev–Trinajstić information content (AvgIpc) is 3.38. The number of nitrogens with zero attached hydrogens (tertiary/aromatic N) is 5. The number of ketones is 1. The largest absolute Gasteiger partial charge is 0.446 e. The zero-order chi connectivity index (χ0) is 28.8. The summed E-state index contributed by atoms with van der Waals surface area (Å²) in [5.74, 6) is -0.344. The van der Waals surface area contributed by atoms with E-state index in [1.54, 1.807) is 14.5 Å². The predicted molar refractivity (Wildman–Crippen MR) is 155 cm³/mol. The molecule has 10 heteroatoms. The Morgan fingerprint density at radius 3 is 2.56 bits per heavy atom. The summed E-state index contributed by atoms with van der Waals surface area (Å²) in [5.41, 5.74) is 10.1. The lowest BCUT2D eigenvalue weighted by molar-refractivity contribution is -0.144. The Labute approximate surface area is 240 Å². The van der Waals surface area contributed by atoms with Gasteiger partial charge < -0.3 is 20.3 Å². The predicted octanol–water partition coefficient (Wildman–Crippen LogP) is 3.41. The minimum Gasteiger partial charge on any atom is -0.446 e. The molecular formula is C31H40N6O4. The smallest absolute Gasteiger partial charge is 0.410 e. The molecule has 2 atom stereocenters. The Morgan fingerprint density at radius 1 is 1.00 bits per heavy atom. The molecule has 0 spiro atoms. The monoisotopic (exact) mass is 560 g/mol. The van der Waals surface area contributed by atoms with Crippen LogP contribution in [0.2, 0.25) is 0 Å². The first kappa shape index (κ1) is 28.7. The highest BCUT2D eigenvalue weighted by atomic mass is 16.6. The fourth-order valence-corrected chi connectivity index (χ4v) is 5.87. The summed E-state index contributed by atoms with van der Waals surface area (Å²) in [6, 6.07) is 14.3. The van der Waals surface area contributed by atoms with Crippen LogP contribution < -0.4 is 5.73 Å². The molecule has 1 aromatic heterocycles. The van der Waals surface area contributed by atoms with Crippen molar-refractivity contribution >= 4 is 28.8 Å². The zero-order valence-electron chi connectivity index (χ0n) is 23.8. The average molecular weight is 561 g/mol. The third-order valence-electron chi connectivity index (χ3n) is 8.35. The number of amides is 2. The van der Waals surface area contributed by atoms with Crippen molar-refractivity contribution in [2.45, 2.75) is 76.0 Å². The number of rotatable bonds is 9. The van der Waals surface area contributed by atoms with Crippen molar-refractivity contribution < 1.29 is 19.1 Å². The number of carbonyl (C=O) groups excluding carboxylic acids is 3. The number of benzene rings is 2. The third kappa shape index (κ3) is 7.11. The molecule has 0 unspecified atom stereocenters. The lowest BCUT2D eigenvalue weighted by Gasteiger charge is -2.41. The Bertz CT molecular complexity index is 1350. The van der Waals surface area contributed by atoms with Crippen LogP contribution in [0.25, 0.3) is 11.0 Å². The van der Waals surface area contributed by atoms with Crippen LogP contribution in [0.5, 0.6) is 0 Å². The third-order valence-corrected chi connectivity index (χ3v) is 8.35. The summed E-state index contributed by atoms with van der Waals surface area (Å²) in [6.07, 6.45) is 6.43. The van der Waals surface area contributed by atoms with E-state index in [-0.39, 0.29) is 37.3 Å². The van der Waals surface area contributed by atoms with Gasteiger partial charge >= 0.3 is 6.09 Å². The SMILES string of the molecule is Cn1nnc2cc(CCC(=O)[C@@H]3CN(C(=O)OC4CCCCC4)CCN3C(=O)[C@H](N)CCc3ccccc3)ccc21. The summed E-state index contributed by atoms with van der Waals surface area (Å²) in [6.45, 7) is 0.681. The highest BCUT2D eigenvalue weighted by Gasteiger charge is 2.39. The topological polar surface area (TPSA) is 124 Å². The number of aryl methyl sites for hydroxylation is 3. The molecule has 1 aliphatic carbocycles. The van der Waals surface area contributed by atoms with Crippen molar-refractivity contribution in [2.24, 2.45) is 12.8 Å². The van der Waals surface area contributed by atoms with Crippen molar-refractivity contribution in [3.8, 4) is 0 Å². The minimum atomic E-state index is -0.766. The first-order chi connectivity index (χ1) is 19.9. The van der Waals surface area contributed by atoms with E-state index < -0.39 is 18.2 Å². The molecule has 2 amide bonds. The molecule has 41 heavy (non-hydrogen) atoms. The molecule has 218 valence electrons. The summed E-state index contributed by atoms with van der Waals surface area (Å²) < 4.78 is 7.50. The van der Waals surface area contributed by atoms with E-state index >= 15 is 0 Å². The van der Waals surface area contributed by atoms with E-state index in [1.807, 2.05) is 55.6 Å². The second-order valence-corrected chi connectivity index (χ2v) is 11.3. The quantitative estimate of drug-likeness (QED) is 0.425. The summed E-state index contributed by atoms with van der Waals surface area (Å²) in [7, 11) is 1.84. The Kier molecular flexibility index (Phi) is 9.28. The van der Waals surface area contributed by atoms with Crippen molar-refractivity contribution in [1.82, 2.24) is 24.8 Å². The molecule has 1 aliphatic heterocycles. The van der Waals surface area contributed by atoms with Gasteiger partial charge in [-0.05, 0) is 68.2 Å². The normalized spacial score (nSPS) is 18.8. The maximum atomic E-state index is 13.7. The molecule has 3 aromatic rings. The number of hydrogen-bond donors (Lipinski definition) is 1. The summed E-state index contributed by atoms with van der Waals surface area (Å²) >= 11 is 0. The van der Waals surface area contributed by atoms with Crippen LogP contribution in [0.15, 0.2) is 48.5 Å². The van der Waals surface area contributed by atoms with E-state index in [9.17, 15) is 14.4 Å². The van der Waals surface area contributed by atoms with E-state index in [0.29, 0.717) is 25.8 Å². The van der Waals surface area contributed by atoms with Crippen LogP contribution >= 0.6 is 0 Å². The molecule has 1 saturated carbocycles. The number of aromatic nitrogens is 3. The molecule has 2 heterocycles. The first-order valence-electron chi connectivity index (χ1n) is 14.8. The van der Waals surface area contributed by atoms with E-state index in [4.69, 9.17) is 10.5 Å². The molecule has 1 saturated heterocycles. The highest BCUT2D eigenvalue weighted by molar-refractivity contribution is 5.92. The number of piperazine rings is 1. The minimum absolute atomic E-state index is 0.0764. The van der Waals surface area contributed by atoms with Gasteiger partial charge in [-0.25, -0.2) is 9.48 Å². The lowest BCUT2D eigenvalue weighted by Crippen LogP contribution is -2.62. The molecule has 5 rings (SSSR count). The van der Waals surface area contributed by atoms with E-state index in [1.165, 1.54) is 6.42 Å². The summed E-state index contributed by atoms with van der Waals surface area (Å²) in [5, 5.41) is 8.22. The Balaban J connectivity index is 1.26. The number of carbonyl (C=O) groups is 3. The number of nitrogens with two attached hydrogens (primary N) is 1. The number of Topliss-reactive ketones (excluding diaryl/α,β-unsaturated/α-hetero) is 1. The van der Waals surface area contributed by atoms with Gasteiger partial charge in [-0.1, -0.05) is 48.0 Å². The van der Waals surface area contributed by atoms with Crippen molar-refractivity contribution in [1.29, 1.82) is 0 Å². The molecule has 2 aromatic carbocycles. The molecule has 2 aliphatic rings. The van der Waals surface area contributed by atoms with Gasteiger partial charge in [-0.15, -0.1) is 5.10 Å². The van der Waals surface area contributed by atoms with Crippen LogP contribution in [-0.2, 0) is 34.2 Å². The maximum Gasteiger partial charge on any atom is 0.410 e. The van der Waals surface area contributed by atoms with Gasteiger partial charge in [0, 0.05) is 26.6 Å². The molecule has 2 N–H and O–H groups in total. The van der Waals surface area contributed by atoms with Gasteiger partial charge in [-0.3, -0.25) is 9.59 Å². The Morgan fingerprint density at radius 2 is 1.78 bits per heavy atom. The molecule has 0 bridgehead atoms. The van der Waals surface area contributed by atoms with Crippen molar-refractivity contribution in [2.75, 3.05) is 19.6 Å². The first-order valence-corrected chi connectivity index (χ1v) is 14.8. The molecule has 10 nitrogen and oxygen atoms in total. The van der Waals surface area contributed by atoms with Crippen LogP contribution in [0, 0.1) is 0 Å². The van der Waals surface area contributed by atoms with Gasteiger partial charge in [0.05, 0.1) is 18.1 Å². The van der Waals surface area contributed by atoms with Crippen LogP contribution in [0.1, 0.15) is 56.1 Å². The van der Waals surface area contributed by atoms with E-state index in [2.05, 4.69) is 10.3 Å². The van der Waals surface area contributed by atoms with Gasteiger partial charge in [0.2, 0.25) is 5.91 Å². The fraction of sp³-hybridized carbons (Fsp3) is 0.516. The van der Waals surface area contributed by atoms with Crippen LogP contribution in [0.3, 0.4) is 0 Å². The molecular weight excluding hydrogens is 520 g/mol. The van der Waals surface area contributed by atoms with E-state index in [0.717, 1.165) is 47.8 Å². The molecule has 2 fully saturated rings. The van der Waals surface area contributed by atoms with Crippen molar-refractivity contribution in [3.05, 3.63) is 59.7 Å². The fourth-order valence-electron chi connectivity index (χ4n) is 5.87. The van der Waals surface area contributed by atoms with Gasteiger partial charge in [0.15, 0.2) is 5.78 Å². The number of fused-ring (bicyclic) bond motifs is 1. The van der Waals surface area contributed by atoms with Crippen LogP contribution in [-0.4, -0.2) is 80.4 Å². The van der Waals surface area contributed by atoms with Gasteiger partial charge in [0.1, 0.15) is 17.7 Å². The maximum absolute atomic E-state index is 13.7. The second kappa shape index (κ2) is 13.2. The number of ether oxygens (including phenoxy) is 1. The zero-order valence-corrected chi connectivity index (χ0v) is 23.8. The highest BCUT2D eigenvalue weighted by Crippen LogP contribution is 2.23. The van der Waals surface area contributed by atoms with Crippen molar-refractivity contribution in [3.63, 3.8) is 0 Å². The molecule has 0 radical (unpaired) electrons. The van der Waals surface area contributed by atoms with Gasteiger partial charge in [-0.2, -0.15) is 0 Å². The second-order valence-electron chi connectivity index (χ2n) is 11.3. The standard InChI is InChI=1S/C31H40N6O4/c1-35-27-16-13-23(20-26(27)33-34-35)14-17-29(38)28-21-36(31(40)41-24-10-6-3-7-11-24)18-19-37(28)30(39)25(32)15-12-22-8-4-2-5-9-22/h2,4-5,8-9,13,16,20,24-25,28H,3,6-7,10-12,14-15,17-19,21,32H2,1H3/t25-,28+/m1/s1.